The zero-order valence-corrected chi connectivity index (χ0v) is 25.1. The number of rotatable bonds is 12. The summed E-state index contributed by atoms with van der Waals surface area (Å²) in [5.41, 5.74) is 3.20. The van der Waals surface area contributed by atoms with Gasteiger partial charge in [0.25, 0.3) is 0 Å². The third-order valence-electron chi connectivity index (χ3n) is 8.17. The van der Waals surface area contributed by atoms with Gasteiger partial charge in [0.2, 0.25) is 0 Å². The number of benzene rings is 1. The average Bonchev–Trinajstić information content (AvgIpc) is 2.84. The lowest BCUT2D eigenvalue weighted by molar-refractivity contribution is -0.113. The minimum absolute atomic E-state index is 0.0637. The molecule has 0 amide bonds. The van der Waals surface area contributed by atoms with E-state index in [1.165, 1.54) is 81.2 Å². The number of ether oxygens (including phenoxy) is 1. The Labute approximate surface area is 231 Å². The van der Waals surface area contributed by atoms with E-state index >= 15 is 0 Å². The molecule has 1 aliphatic heterocycles. The minimum atomic E-state index is -0.121. The van der Waals surface area contributed by atoms with E-state index in [0.29, 0.717) is 5.75 Å². The standard InChI is InChI=1S/C28H48O2.C6H4O2/c1-20(2)11-8-12-21(3)13-9-14-22(4)15-10-17-28(7)18-16-25-24(6)26(29)19-23(5)27(25)30-28;7-5-1-2-6(8)4-3-5/h19-22,29H,8-18H2,1-7H3;1-4H/t21-,22-,28-;/m1./s1. The molecule has 38 heavy (non-hydrogen) atoms. The van der Waals surface area contributed by atoms with Gasteiger partial charge in [-0.1, -0.05) is 72.6 Å². The lowest BCUT2D eigenvalue weighted by Gasteiger charge is -2.37. The Hall–Kier alpha value is -2.36. The number of ketones is 2. The quantitative estimate of drug-likeness (QED) is 0.278. The number of phenols is 1. The van der Waals surface area contributed by atoms with Crippen LogP contribution in [0.15, 0.2) is 30.4 Å². The van der Waals surface area contributed by atoms with Crippen LogP contribution in [0.3, 0.4) is 0 Å². The molecule has 0 spiro atoms. The Balaban J connectivity index is 0.000000538. The van der Waals surface area contributed by atoms with Gasteiger partial charge in [-0.25, -0.2) is 0 Å². The Bertz CT molecular complexity index is 949. The molecule has 3 atom stereocenters. The summed E-state index contributed by atoms with van der Waals surface area (Å²) in [7, 11) is 0. The molecule has 0 saturated heterocycles. The van der Waals surface area contributed by atoms with Crippen LogP contribution in [0.25, 0.3) is 0 Å². The van der Waals surface area contributed by atoms with Crippen molar-refractivity contribution >= 4 is 11.6 Å². The van der Waals surface area contributed by atoms with E-state index in [2.05, 4.69) is 41.5 Å². The number of allylic oxidation sites excluding steroid dienone is 4. The van der Waals surface area contributed by atoms with Gasteiger partial charge in [-0.15, -0.1) is 0 Å². The SMILES string of the molecule is Cc1cc(O)c(C)c2c1O[C@](C)(CCC[C@H](C)CCC[C@H](C)CCCC(C)C)CC2.O=C1C=CC(=O)C=C1. The zero-order valence-electron chi connectivity index (χ0n) is 25.1. The number of aryl methyl sites for hydroxylation is 1. The van der Waals surface area contributed by atoms with Crippen LogP contribution >= 0.6 is 0 Å². The van der Waals surface area contributed by atoms with Gasteiger partial charge in [0.1, 0.15) is 17.1 Å². The molecule has 1 N–H and O–H groups in total. The van der Waals surface area contributed by atoms with Crippen molar-refractivity contribution in [2.45, 2.75) is 125 Å². The molecule has 0 radical (unpaired) electrons. The Morgan fingerprint density at radius 1 is 0.842 bits per heavy atom. The molecule has 212 valence electrons. The summed E-state index contributed by atoms with van der Waals surface area (Å²) in [6.45, 7) is 15.9. The van der Waals surface area contributed by atoms with Gasteiger partial charge in [-0.3, -0.25) is 9.59 Å². The summed E-state index contributed by atoms with van der Waals surface area (Å²) in [5, 5.41) is 10.1. The average molecular weight is 525 g/mol. The lowest BCUT2D eigenvalue weighted by Crippen LogP contribution is -2.37. The molecular formula is C34H52O4. The number of carbonyl (C=O) groups excluding carboxylic acids is 2. The van der Waals surface area contributed by atoms with Crippen LogP contribution in [0.1, 0.15) is 116 Å². The molecule has 3 rings (SSSR count). The largest absolute Gasteiger partial charge is 0.508 e. The number of carbonyl (C=O) groups is 2. The van der Waals surface area contributed by atoms with E-state index in [0.717, 1.165) is 53.9 Å². The van der Waals surface area contributed by atoms with Crippen LogP contribution in [0.4, 0.5) is 0 Å². The van der Waals surface area contributed by atoms with Crippen molar-refractivity contribution in [3.8, 4) is 11.5 Å². The highest BCUT2D eigenvalue weighted by Crippen LogP contribution is 2.42. The summed E-state index contributed by atoms with van der Waals surface area (Å²) >= 11 is 0. The van der Waals surface area contributed by atoms with E-state index in [-0.39, 0.29) is 17.2 Å². The van der Waals surface area contributed by atoms with E-state index in [9.17, 15) is 14.7 Å². The Morgan fingerprint density at radius 3 is 1.87 bits per heavy atom. The Kier molecular flexibility index (Phi) is 12.8. The smallest absolute Gasteiger partial charge is 0.178 e. The molecule has 0 aromatic heterocycles. The van der Waals surface area contributed by atoms with Gasteiger partial charge in [0.05, 0.1) is 0 Å². The molecule has 0 bridgehead atoms. The van der Waals surface area contributed by atoms with Gasteiger partial charge in [-0.05, 0) is 106 Å². The number of hydrogen-bond acceptors (Lipinski definition) is 4. The highest BCUT2D eigenvalue weighted by atomic mass is 16.5. The molecule has 1 aromatic rings. The molecule has 0 unspecified atom stereocenters. The highest BCUT2D eigenvalue weighted by Gasteiger charge is 2.33. The van der Waals surface area contributed by atoms with Gasteiger partial charge in [0.15, 0.2) is 11.6 Å². The van der Waals surface area contributed by atoms with E-state index < -0.39 is 0 Å². The normalized spacial score (nSPS) is 20.0. The molecule has 1 aliphatic carbocycles. The molecule has 4 nitrogen and oxygen atoms in total. The third kappa shape index (κ3) is 10.8. The number of phenolic OH excluding ortho intramolecular Hbond substituents is 1. The maximum atomic E-state index is 10.3. The predicted molar refractivity (Wildman–Crippen MR) is 158 cm³/mol. The van der Waals surface area contributed by atoms with Crippen LogP contribution in [0, 0.1) is 31.6 Å². The maximum absolute atomic E-state index is 10.3. The molecule has 4 heteroatoms. The Morgan fingerprint density at radius 2 is 1.34 bits per heavy atom. The van der Waals surface area contributed by atoms with Crippen molar-refractivity contribution in [1.29, 1.82) is 0 Å². The summed E-state index contributed by atoms with van der Waals surface area (Å²) < 4.78 is 6.52. The predicted octanol–water partition coefficient (Wildman–Crippen LogP) is 8.78. The number of hydrogen-bond donors (Lipinski definition) is 1. The summed E-state index contributed by atoms with van der Waals surface area (Å²) in [4.78, 5) is 20.6. The first-order valence-electron chi connectivity index (χ1n) is 14.9. The number of aromatic hydroxyl groups is 1. The van der Waals surface area contributed by atoms with Gasteiger partial charge in [-0.2, -0.15) is 0 Å². The number of fused-ring (bicyclic) bond motifs is 1. The summed E-state index contributed by atoms with van der Waals surface area (Å²) in [6.07, 6.45) is 19.1. The monoisotopic (exact) mass is 524 g/mol. The molecule has 1 aromatic carbocycles. The summed E-state index contributed by atoms with van der Waals surface area (Å²) in [6, 6.07) is 1.85. The van der Waals surface area contributed by atoms with Crippen molar-refractivity contribution in [1.82, 2.24) is 0 Å². The highest BCUT2D eigenvalue weighted by molar-refractivity contribution is 6.14. The molecular weight excluding hydrogens is 472 g/mol. The van der Waals surface area contributed by atoms with E-state index in [4.69, 9.17) is 4.74 Å². The zero-order chi connectivity index (χ0) is 28.3. The van der Waals surface area contributed by atoms with Crippen LogP contribution in [-0.2, 0) is 16.0 Å². The van der Waals surface area contributed by atoms with Crippen LogP contribution in [-0.4, -0.2) is 22.3 Å². The van der Waals surface area contributed by atoms with Gasteiger partial charge in [0, 0.05) is 5.56 Å². The fraction of sp³-hybridized carbons (Fsp3) is 0.647. The lowest BCUT2D eigenvalue weighted by atomic mass is 9.84. The molecule has 2 aliphatic rings. The third-order valence-corrected chi connectivity index (χ3v) is 8.17. The van der Waals surface area contributed by atoms with Crippen molar-refractivity contribution in [3.63, 3.8) is 0 Å². The van der Waals surface area contributed by atoms with Crippen molar-refractivity contribution in [3.05, 3.63) is 47.1 Å². The second kappa shape index (κ2) is 15.3. The topological polar surface area (TPSA) is 63.6 Å². The van der Waals surface area contributed by atoms with Gasteiger partial charge < -0.3 is 9.84 Å². The first-order chi connectivity index (χ1) is 17.9. The fourth-order valence-electron chi connectivity index (χ4n) is 5.49. The van der Waals surface area contributed by atoms with Crippen molar-refractivity contribution in [2.24, 2.45) is 17.8 Å². The van der Waals surface area contributed by atoms with Gasteiger partial charge >= 0.3 is 0 Å². The van der Waals surface area contributed by atoms with E-state index in [1.54, 1.807) is 0 Å². The van der Waals surface area contributed by atoms with Crippen LogP contribution in [0.2, 0.25) is 0 Å². The van der Waals surface area contributed by atoms with Crippen molar-refractivity contribution < 1.29 is 19.4 Å². The first-order valence-corrected chi connectivity index (χ1v) is 14.9. The van der Waals surface area contributed by atoms with Crippen molar-refractivity contribution in [2.75, 3.05) is 0 Å². The van der Waals surface area contributed by atoms with E-state index in [1.807, 2.05) is 13.0 Å². The second-order valence-electron chi connectivity index (χ2n) is 12.5. The second-order valence-corrected chi connectivity index (χ2v) is 12.5. The molecule has 0 fully saturated rings. The molecule has 0 saturated carbocycles. The van der Waals surface area contributed by atoms with Crippen LogP contribution < -0.4 is 4.74 Å². The summed E-state index contributed by atoms with van der Waals surface area (Å²) in [5.74, 6) is 3.74. The maximum Gasteiger partial charge on any atom is 0.178 e. The molecule has 1 heterocycles. The minimum Gasteiger partial charge on any atom is -0.508 e. The first kappa shape index (κ1) is 31.9. The fourth-order valence-corrected chi connectivity index (χ4v) is 5.49. The van der Waals surface area contributed by atoms with Crippen LogP contribution in [0.5, 0.6) is 11.5 Å².